The van der Waals surface area contributed by atoms with E-state index in [1.54, 1.807) is 13.8 Å². The van der Waals surface area contributed by atoms with Crippen molar-refractivity contribution in [2.45, 2.75) is 32.7 Å². The zero-order chi connectivity index (χ0) is 14.5. The van der Waals surface area contributed by atoms with Crippen LogP contribution >= 0.6 is 0 Å². The minimum Gasteiger partial charge on any atom is -0.369 e. The average molecular weight is 275 g/mol. The third kappa shape index (κ3) is 5.30. The first-order valence-corrected chi connectivity index (χ1v) is 5.84. The van der Waals surface area contributed by atoms with E-state index in [0.29, 0.717) is 0 Å². The molecule has 0 heterocycles. The van der Waals surface area contributed by atoms with Crippen LogP contribution in [0.2, 0.25) is 0 Å². The molecule has 0 atom stereocenters. The van der Waals surface area contributed by atoms with Gasteiger partial charge in [-0.3, -0.25) is 4.79 Å². The first-order chi connectivity index (χ1) is 8.80. The number of hydrogen-bond donors (Lipinski definition) is 1. The highest BCUT2D eigenvalue weighted by Crippen LogP contribution is 2.31. The summed E-state index contributed by atoms with van der Waals surface area (Å²) < 4.78 is 43.1. The van der Waals surface area contributed by atoms with Crippen molar-refractivity contribution in [2.24, 2.45) is 0 Å². The van der Waals surface area contributed by atoms with Gasteiger partial charge in [0.25, 0.3) is 0 Å². The molecule has 0 saturated heterocycles. The van der Waals surface area contributed by atoms with Crippen molar-refractivity contribution in [1.29, 1.82) is 0 Å². The van der Waals surface area contributed by atoms with Gasteiger partial charge in [0.2, 0.25) is 5.91 Å². The van der Waals surface area contributed by atoms with Gasteiger partial charge in [0.05, 0.1) is 11.7 Å². The van der Waals surface area contributed by atoms with Crippen LogP contribution in [0.3, 0.4) is 0 Å². The number of carbonyl (C=O) groups excluding carboxylic acids is 1. The van der Waals surface area contributed by atoms with Crippen molar-refractivity contribution in [1.82, 2.24) is 5.32 Å². The van der Waals surface area contributed by atoms with Gasteiger partial charge < -0.3 is 10.1 Å². The van der Waals surface area contributed by atoms with Crippen LogP contribution in [0.15, 0.2) is 24.3 Å². The van der Waals surface area contributed by atoms with Crippen molar-refractivity contribution in [3.63, 3.8) is 0 Å². The Hall–Kier alpha value is -1.56. The number of alkyl halides is 3. The van der Waals surface area contributed by atoms with Gasteiger partial charge in [0.1, 0.15) is 6.61 Å². The first-order valence-electron chi connectivity index (χ1n) is 5.84. The number of rotatable bonds is 5. The molecule has 0 bridgehead atoms. The van der Waals surface area contributed by atoms with Crippen LogP contribution in [0.5, 0.6) is 0 Å². The molecule has 1 rings (SSSR count). The molecule has 0 aliphatic heterocycles. The number of halogens is 3. The van der Waals surface area contributed by atoms with Crippen LogP contribution in [0.1, 0.15) is 25.0 Å². The molecule has 1 amide bonds. The summed E-state index contributed by atoms with van der Waals surface area (Å²) in [4.78, 5) is 11.4. The second-order valence-electron chi connectivity index (χ2n) is 4.29. The molecule has 0 spiro atoms. The molecule has 19 heavy (non-hydrogen) atoms. The minimum absolute atomic E-state index is 0.0351. The van der Waals surface area contributed by atoms with Crippen molar-refractivity contribution in [3.05, 3.63) is 35.4 Å². The zero-order valence-corrected chi connectivity index (χ0v) is 10.8. The summed E-state index contributed by atoms with van der Waals surface area (Å²) in [6.07, 6.45) is -4.52. The number of carbonyl (C=O) groups is 1. The van der Waals surface area contributed by atoms with E-state index in [4.69, 9.17) is 4.74 Å². The highest BCUT2D eigenvalue weighted by molar-refractivity contribution is 5.77. The van der Waals surface area contributed by atoms with Gasteiger partial charge in [-0.1, -0.05) is 18.2 Å². The molecule has 1 aromatic carbocycles. The largest absolute Gasteiger partial charge is 0.416 e. The Kier molecular flexibility index (Phi) is 5.35. The number of nitrogens with one attached hydrogen (secondary N) is 1. The summed E-state index contributed by atoms with van der Waals surface area (Å²) in [7, 11) is 0. The molecule has 0 fully saturated rings. The number of benzene rings is 1. The molecule has 106 valence electrons. The fourth-order valence-electron chi connectivity index (χ4n) is 1.44. The molecule has 0 aromatic heterocycles. The van der Waals surface area contributed by atoms with E-state index in [2.05, 4.69) is 5.32 Å². The highest BCUT2D eigenvalue weighted by atomic mass is 19.4. The SMILES string of the molecule is CC(C)OCC(=O)NCc1ccccc1C(F)(F)F. The summed E-state index contributed by atoms with van der Waals surface area (Å²) in [5.41, 5.74) is -0.701. The van der Waals surface area contributed by atoms with Crippen LogP contribution in [0.4, 0.5) is 13.2 Å². The van der Waals surface area contributed by atoms with Gasteiger partial charge in [-0.15, -0.1) is 0 Å². The summed E-state index contributed by atoms with van der Waals surface area (Å²) in [6.45, 7) is 3.21. The van der Waals surface area contributed by atoms with Gasteiger partial charge in [-0.25, -0.2) is 0 Å². The average Bonchev–Trinajstić information content (AvgIpc) is 2.33. The van der Waals surface area contributed by atoms with E-state index in [9.17, 15) is 18.0 Å². The van der Waals surface area contributed by atoms with Crippen LogP contribution in [-0.4, -0.2) is 18.6 Å². The number of hydrogen-bond acceptors (Lipinski definition) is 2. The predicted octanol–water partition coefficient (Wildman–Crippen LogP) is 2.75. The molecule has 3 nitrogen and oxygen atoms in total. The highest BCUT2D eigenvalue weighted by Gasteiger charge is 2.32. The molecule has 0 radical (unpaired) electrons. The van der Waals surface area contributed by atoms with Crippen LogP contribution < -0.4 is 5.32 Å². The van der Waals surface area contributed by atoms with Gasteiger partial charge in [-0.05, 0) is 25.5 Å². The van der Waals surface area contributed by atoms with Crippen molar-refractivity contribution >= 4 is 5.91 Å². The smallest absolute Gasteiger partial charge is 0.369 e. The Morgan fingerprint density at radius 1 is 1.32 bits per heavy atom. The molecule has 0 saturated carbocycles. The van der Waals surface area contributed by atoms with Gasteiger partial charge >= 0.3 is 6.18 Å². The number of ether oxygens (including phenoxy) is 1. The van der Waals surface area contributed by atoms with E-state index in [0.717, 1.165) is 6.07 Å². The fraction of sp³-hybridized carbons (Fsp3) is 0.462. The fourth-order valence-corrected chi connectivity index (χ4v) is 1.44. The summed E-state index contributed by atoms with van der Waals surface area (Å²) in [5, 5.41) is 2.40. The third-order valence-electron chi connectivity index (χ3n) is 2.35. The van der Waals surface area contributed by atoms with E-state index in [1.807, 2.05) is 0 Å². The molecular formula is C13H16F3NO2. The maximum Gasteiger partial charge on any atom is 0.416 e. The van der Waals surface area contributed by atoms with Crippen molar-refractivity contribution in [2.75, 3.05) is 6.61 Å². The molecule has 0 aliphatic carbocycles. The third-order valence-corrected chi connectivity index (χ3v) is 2.35. The van der Waals surface area contributed by atoms with E-state index in [1.165, 1.54) is 18.2 Å². The molecule has 1 aromatic rings. The van der Waals surface area contributed by atoms with E-state index < -0.39 is 17.6 Å². The monoisotopic (exact) mass is 275 g/mol. The predicted molar refractivity (Wildman–Crippen MR) is 64.4 cm³/mol. The zero-order valence-electron chi connectivity index (χ0n) is 10.8. The van der Waals surface area contributed by atoms with Crippen LogP contribution in [0, 0.1) is 0 Å². The molecule has 6 heteroatoms. The quantitative estimate of drug-likeness (QED) is 0.897. The molecular weight excluding hydrogens is 259 g/mol. The Bertz CT molecular complexity index is 430. The second-order valence-corrected chi connectivity index (χ2v) is 4.29. The van der Waals surface area contributed by atoms with Gasteiger partial charge in [-0.2, -0.15) is 13.2 Å². The van der Waals surface area contributed by atoms with Gasteiger partial charge in [0.15, 0.2) is 0 Å². The first kappa shape index (κ1) is 15.5. The normalized spacial score (nSPS) is 11.7. The Morgan fingerprint density at radius 3 is 2.53 bits per heavy atom. The van der Waals surface area contributed by atoms with Crippen LogP contribution in [0.25, 0.3) is 0 Å². The summed E-state index contributed by atoms with van der Waals surface area (Å²) in [6, 6.07) is 5.15. The maximum atomic E-state index is 12.7. The van der Waals surface area contributed by atoms with Crippen molar-refractivity contribution < 1.29 is 22.7 Å². The summed E-state index contributed by atoms with van der Waals surface area (Å²) in [5.74, 6) is -0.439. The molecule has 0 aliphatic rings. The van der Waals surface area contributed by atoms with Crippen LogP contribution in [-0.2, 0) is 22.3 Å². The summed E-state index contributed by atoms with van der Waals surface area (Å²) >= 11 is 0. The molecule has 0 unspecified atom stereocenters. The minimum atomic E-state index is -4.42. The Balaban J connectivity index is 2.61. The Labute approximate surface area is 109 Å². The number of amides is 1. The van der Waals surface area contributed by atoms with E-state index in [-0.39, 0.29) is 24.8 Å². The Morgan fingerprint density at radius 2 is 1.95 bits per heavy atom. The topological polar surface area (TPSA) is 38.3 Å². The second kappa shape index (κ2) is 6.56. The lowest BCUT2D eigenvalue weighted by molar-refractivity contribution is -0.138. The maximum absolute atomic E-state index is 12.7. The standard InChI is InChI=1S/C13H16F3NO2/c1-9(2)19-8-12(18)17-7-10-5-3-4-6-11(10)13(14,15)16/h3-6,9H,7-8H2,1-2H3,(H,17,18). The van der Waals surface area contributed by atoms with Gasteiger partial charge in [0, 0.05) is 6.54 Å². The lowest BCUT2D eigenvalue weighted by atomic mass is 10.1. The molecule has 1 N–H and O–H groups in total. The van der Waals surface area contributed by atoms with Crippen molar-refractivity contribution in [3.8, 4) is 0 Å². The van der Waals surface area contributed by atoms with E-state index >= 15 is 0 Å². The lowest BCUT2D eigenvalue weighted by Crippen LogP contribution is -2.29. The lowest BCUT2D eigenvalue weighted by Gasteiger charge is -2.13.